The van der Waals surface area contributed by atoms with Crippen LogP contribution in [0.3, 0.4) is 0 Å². The molecule has 0 radical (unpaired) electrons. The minimum atomic E-state index is -3.31. The summed E-state index contributed by atoms with van der Waals surface area (Å²) in [4.78, 5) is 12.1. The number of anilines is 1. The molecule has 0 spiro atoms. The van der Waals surface area contributed by atoms with E-state index in [-0.39, 0.29) is 10.8 Å². The molecule has 116 valence electrons. The summed E-state index contributed by atoms with van der Waals surface area (Å²) in [5.74, 6) is -0.338. The van der Waals surface area contributed by atoms with Crippen LogP contribution in [-0.2, 0) is 21.7 Å². The van der Waals surface area contributed by atoms with Gasteiger partial charge in [0, 0.05) is 31.3 Å². The second kappa shape index (κ2) is 6.15. The molecule has 0 saturated heterocycles. The second-order valence-corrected chi connectivity index (χ2v) is 6.97. The molecule has 1 aromatic carbocycles. The number of benzene rings is 1. The van der Waals surface area contributed by atoms with Crippen LogP contribution in [0, 0.1) is 6.92 Å². The van der Waals surface area contributed by atoms with Gasteiger partial charge >= 0.3 is 0 Å². The van der Waals surface area contributed by atoms with Crippen molar-refractivity contribution in [3.63, 3.8) is 0 Å². The van der Waals surface area contributed by atoms with Crippen LogP contribution in [0.1, 0.15) is 11.3 Å². The maximum atomic E-state index is 12.0. The van der Waals surface area contributed by atoms with Crippen molar-refractivity contribution in [2.75, 3.05) is 11.6 Å². The first-order valence-electron chi connectivity index (χ1n) is 6.55. The number of sulfone groups is 1. The number of rotatable bonds is 4. The first-order chi connectivity index (χ1) is 10.3. The quantitative estimate of drug-likeness (QED) is 0.871. The lowest BCUT2D eigenvalue weighted by Crippen LogP contribution is -2.10. The second-order valence-electron chi connectivity index (χ2n) is 4.95. The Bertz CT molecular complexity index is 835. The third-order valence-corrected chi connectivity index (χ3v) is 4.27. The Balaban J connectivity index is 2.18. The van der Waals surface area contributed by atoms with Crippen LogP contribution in [0.25, 0.3) is 6.08 Å². The minimum Gasteiger partial charge on any atom is -0.322 e. The highest BCUT2D eigenvalue weighted by atomic mass is 32.2. The van der Waals surface area contributed by atoms with E-state index >= 15 is 0 Å². The summed E-state index contributed by atoms with van der Waals surface area (Å²) in [6.45, 7) is 1.80. The Kier molecular flexibility index (Phi) is 4.46. The van der Waals surface area contributed by atoms with Gasteiger partial charge < -0.3 is 5.32 Å². The molecule has 7 heteroatoms. The normalized spacial score (nSPS) is 11.8. The van der Waals surface area contributed by atoms with E-state index < -0.39 is 9.84 Å². The zero-order valence-electron chi connectivity index (χ0n) is 12.6. The van der Waals surface area contributed by atoms with E-state index in [0.717, 1.165) is 17.5 Å². The molecule has 0 fully saturated rings. The van der Waals surface area contributed by atoms with Crippen LogP contribution < -0.4 is 5.32 Å². The molecule has 0 bridgehead atoms. The number of hydrogen-bond acceptors (Lipinski definition) is 4. The molecule has 1 amide bonds. The lowest BCUT2D eigenvalue weighted by molar-refractivity contribution is -0.111. The summed E-state index contributed by atoms with van der Waals surface area (Å²) >= 11 is 0. The summed E-state index contributed by atoms with van der Waals surface area (Å²) in [7, 11) is -1.54. The first kappa shape index (κ1) is 16.0. The molecule has 22 heavy (non-hydrogen) atoms. The molecular formula is C15H17N3O3S. The van der Waals surface area contributed by atoms with Crippen LogP contribution in [0.2, 0.25) is 0 Å². The van der Waals surface area contributed by atoms with Crippen molar-refractivity contribution in [1.82, 2.24) is 9.78 Å². The average Bonchev–Trinajstić information content (AvgIpc) is 2.83. The molecule has 1 N–H and O–H groups in total. The van der Waals surface area contributed by atoms with Gasteiger partial charge in [-0.05, 0) is 36.8 Å². The number of amides is 1. The molecule has 0 aliphatic heterocycles. The molecule has 0 saturated carbocycles. The zero-order valence-corrected chi connectivity index (χ0v) is 13.4. The Labute approximate surface area is 129 Å². The Hall–Kier alpha value is -2.41. The number of nitrogens with zero attached hydrogens (tertiary/aromatic N) is 2. The van der Waals surface area contributed by atoms with Crippen molar-refractivity contribution in [3.8, 4) is 0 Å². The van der Waals surface area contributed by atoms with Crippen molar-refractivity contribution in [1.29, 1.82) is 0 Å². The number of carbonyl (C=O) groups is 1. The van der Waals surface area contributed by atoms with E-state index in [0.29, 0.717) is 5.69 Å². The van der Waals surface area contributed by atoms with Gasteiger partial charge in [-0.25, -0.2) is 8.42 Å². The van der Waals surface area contributed by atoms with Gasteiger partial charge in [-0.2, -0.15) is 5.10 Å². The fraction of sp³-hybridized carbons (Fsp3) is 0.200. The molecule has 2 rings (SSSR count). The minimum absolute atomic E-state index is 0.170. The van der Waals surface area contributed by atoms with E-state index in [2.05, 4.69) is 10.4 Å². The van der Waals surface area contributed by atoms with Crippen molar-refractivity contribution >= 4 is 27.5 Å². The third-order valence-electron chi connectivity index (χ3n) is 3.16. The Morgan fingerprint density at radius 3 is 2.64 bits per heavy atom. The van der Waals surface area contributed by atoms with Gasteiger partial charge in [-0.1, -0.05) is 6.07 Å². The van der Waals surface area contributed by atoms with Crippen molar-refractivity contribution < 1.29 is 13.2 Å². The number of hydrogen-bond donors (Lipinski definition) is 1. The average molecular weight is 319 g/mol. The van der Waals surface area contributed by atoms with E-state index in [4.69, 9.17) is 0 Å². The largest absolute Gasteiger partial charge is 0.322 e. The van der Waals surface area contributed by atoms with Crippen LogP contribution in [0.15, 0.2) is 41.4 Å². The van der Waals surface area contributed by atoms with Crippen molar-refractivity contribution in [3.05, 3.63) is 47.8 Å². The van der Waals surface area contributed by atoms with Gasteiger partial charge in [0.15, 0.2) is 9.84 Å². The fourth-order valence-electron chi connectivity index (χ4n) is 1.85. The highest BCUT2D eigenvalue weighted by Gasteiger charge is 2.10. The number of aromatic nitrogens is 2. The summed E-state index contributed by atoms with van der Waals surface area (Å²) in [6, 6.07) is 6.42. The maximum Gasteiger partial charge on any atom is 0.248 e. The van der Waals surface area contributed by atoms with E-state index in [9.17, 15) is 13.2 Å². The lowest BCUT2D eigenvalue weighted by atomic mass is 10.2. The molecule has 2 aromatic rings. The van der Waals surface area contributed by atoms with Gasteiger partial charge in [0.2, 0.25) is 5.91 Å². The van der Waals surface area contributed by atoms with E-state index in [1.807, 2.05) is 0 Å². The van der Waals surface area contributed by atoms with E-state index in [1.165, 1.54) is 18.2 Å². The van der Waals surface area contributed by atoms with Crippen molar-refractivity contribution in [2.45, 2.75) is 11.8 Å². The summed E-state index contributed by atoms with van der Waals surface area (Å²) in [6.07, 6.45) is 5.78. The van der Waals surface area contributed by atoms with Crippen LogP contribution in [0.5, 0.6) is 0 Å². The number of carbonyl (C=O) groups excluding carboxylic acids is 1. The SMILES string of the molecule is Cc1ccc(S(C)(=O)=O)cc1NC(=O)/C=C/c1ccnn1C. The van der Waals surface area contributed by atoms with Crippen LogP contribution >= 0.6 is 0 Å². The first-order valence-corrected chi connectivity index (χ1v) is 8.44. The molecule has 6 nitrogen and oxygen atoms in total. The van der Waals surface area contributed by atoms with Gasteiger partial charge in [-0.15, -0.1) is 0 Å². The molecule has 0 aliphatic rings. The summed E-state index contributed by atoms with van der Waals surface area (Å²) < 4.78 is 24.8. The summed E-state index contributed by atoms with van der Waals surface area (Å²) in [5.41, 5.74) is 2.05. The standard InChI is InChI=1S/C15H17N3O3S/c1-11-4-6-13(22(3,20)21)10-14(11)17-15(19)7-5-12-8-9-16-18(12)2/h4-10H,1-3H3,(H,17,19)/b7-5+. The topological polar surface area (TPSA) is 81.1 Å². The fourth-order valence-corrected chi connectivity index (χ4v) is 2.50. The highest BCUT2D eigenvalue weighted by Crippen LogP contribution is 2.20. The predicted octanol–water partition coefficient (Wildman–Crippen LogP) is 1.78. The van der Waals surface area contributed by atoms with Gasteiger partial charge in [0.25, 0.3) is 0 Å². The van der Waals surface area contributed by atoms with E-state index in [1.54, 1.807) is 43.1 Å². The predicted molar refractivity (Wildman–Crippen MR) is 85.2 cm³/mol. The Morgan fingerprint density at radius 2 is 2.05 bits per heavy atom. The lowest BCUT2D eigenvalue weighted by Gasteiger charge is -2.08. The van der Waals surface area contributed by atoms with Gasteiger partial charge in [-0.3, -0.25) is 9.48 Å². The molecular weight excluding hydrogens is 302 g/mol. The van der Waals surface area contributed by atoms with Crippen LogP contribution in [-0.4, -0.2) is 30.4 Å². The molecule has 1 aromatic heterocycles. The number of nitrogens with one attached hydrogen (secondary N) is 1. The smallest absolute Gasteiger partial charge is 0.248 e. The van der Waals surface area contributed by atoms with Crippen LogP contribution in [0.4, 0.5) is 5.69 Å². The maximum absolute atomic E-state index is 12.0. The van der Waals surface area contributed by atoms with Gasteiger partial charge in [0.1, 0.15) is 0 Å². The number of aryl methyl sites for hydroxylation is 2. The Morgan fingerprint density at radius 1 is 1.32 bits per heavy atom. The van der Waals surface area contributed by atoms with Crippen molar-refractivity contribution in [2.24, 2.45) is 7.05 Å². The molecule has 0 atom stereocenters. The highest BCUT2D eigenvalue weighted by molar-refractivity contribution is 7.90. The summed E-state index contributed by atoms with van der Waals surface area (Å²) in [5, 5.41) is 6.68. The monoisotopic (exact) mass is 319 g/mol. The zero-order chi connectivity index (χ0) is 16.3. The van der Waals surface area contributed by atoms with Gasteiger partial charge in [0.05, 0.1) is 10.6 Å². The molecule has 1 heterocycles. The molecule has 0 aliphatic carbocycles. The third kappa shape index (κ3) is 3.82. The molecule has 0 unspecified atom stereocenters.